The number of hydroxylamine groups is 2. The molecule has 35 atom stereocenters. The fraction of sp³-hybridized carbons (Fsp3) is 0.935. The summed E-state index contributed by atoms with van der Waals surface area (Å²) in [4.78, 5) is 12.5. The van der Waals surface area contributed by atoms with Gasteiger partial charge in [-0.15, -0.1) is 5.10 Å². The number of carbonyl (C=O) groups is 1. The molecule has 22 rings (SSSR count). The van der Waals surface area contributed by atoms with Crippen LogP contribution in [0.15, 0.2) is 6.20 Å². The molecule has 1 aromatic rings. The minimum absolute atomic E-state index is 0.174. The van der Waals surface area contributed by atoms with Crippen molar-refractivity contribution in [3.63, 3.8) is 0 Å². The van der Waals surface area contributed by atoms with Crippen molar-refractivity contribution >= 4 is 5.91 Å². The fourth-order valence-electron chi connectivity index (χ4n) is 11.3. The van der Waals surface area contributed by atoms with Gasteiger partial charge in [0.2, 0.25) is 0 Å². The zero-order valence-electron chi connectivity index (χ0n) is 45.0. The van der Waals surface area contributed by atoms with E-state index in [1.807, 2.05) is 0 Å². The molecular weight excluding hydrogens is 1180 g/mol. The summed E-state index contributed by atoms with van der Waals surface area (Å²) >= 11 is 0. The highest BCUT2D eigenvalue weighted by molar-refractivity contribution is 5.90. The Kier molecular flexibility index (Phi) is 22.3. The summed E-state index contributed by atoms with van der Waals surface area (Å²) in [7, 11) is 0.979. The fourth-order valence-corrected chi connectivity index (χ4v) is 11.3. The molecule has 86 heavy (non-hydrogen) atoms. The van der Waals surface area contributed by atoms with E-state index in [9.17, 15) is 112 Å². The molecular formula is C46H74N4O36. The highest BCUT2D eigenvalue weighted by atomic mass is 16.8. The minimum Gasteiger partial charge on any atom is -0.394 e. The van der Waals surface area contributed by atoms with Gasteiger partial charge in [0.05, 0.1) is 52.4 Å². The molecule has 21 saturated heterocycles. The summed E-state index contributed by atoms with van der Waals surface area (Å²) in [6.07, 6.45) is -70.8. The van der Waals surface area contributed by atoms with E-state index in [-0.39, 0.29) is 5.06 Å². The van der Waals surface area contributed by atoms with E-state index in [0.717, 1.165) is 17.9 Å². The molecule has 21 aliphatic heterocycles. The van der Waals surface area contributed by atoms with Crippen molar-refractivity contribution in [3.8, 4) is 0 Å². The lowest BCUT2D eigenvalue weighted by molar-refractivity contribution is -0.396. The van der Waals surface area contributed by atoms with E-state index in [0.29, 0.717) is 0 Å². The molecule has 0 unspecified atom stereocenters. The third kappa shape index (κ3) is 13.3. The molecule has 22 heterocycles. The summed E-state index contributed by atoms with van der Waals surface area (Å²) in [6.45, 7) is -7.11. The van der Waals surface area contributed by atoms with Crippen LogP contribution in [0.25, 0.3) is 0 Å². The standard InChI is InChI=1S/C46H74N4O36/c1-49(72)39(71)10-2-50(48-47-10)3-11-32-18(57)25(64)40(73-11)81-33-12(4-51)75-42(27(66)20(33)59)83-35-14(6-53)77-44(29(68)22(35)61)85-37-16(8-55)79-46(31(70)24(37)63)86-38-17(9-56)78-45(30(69)23(38)62)84-36-15(7-54)76-43(28(67)21(36)60)82-34-13(5-52)74-41(80-32)26(65)19(34)58/h2,11-38,40-46,51-70,72H,3-9H2,1H3/t11-,12-,13-,14-,15-,16-,17-,18-,19-,20-,21-,22-,23-,24-,25-,26-,27-,28-,29-,30-,31-,32-,33-,34-,35-,36-,37-,38-,40-,41-,42-,43-,44-,45-,46-/m1/s1. The van der Waals surface area contributed by atoms with Crippen LogP contribution in [0.3, 0.4) is 0 Å². The smallest absolute Gasteiger partial charge is 0.299 e. The Labute approximate surface area is 483 Å². The monoisotopic (exact) mass is 1260 g/mol. The first-order valence-electron chi connectivity index (χ1n) is 27.1. The highest BCUT2D eigenvalue weighted by Crippen LogP contribution is 2.39. The lowest BCUT2D eigenvalue weighted by Crippen LogP contribution is -2.68. The molecule has 0 radical (unpaired) electrons. The number of aliphatic hydroxyl groups is 20. The average Bonchev–Trinajstić information content (AvgIpc) is 2.28. The van der Waals surface area contributed by atoms with E-state index in [1.165, 1.54) is 0 Å². The molecule has 0 saturated carbocycles. The Morgan fingerprint density at radius 2 is 0.558 bits per heavy atom. The molecule has 0 aliphatic carbocycles. The van der Waals surface area contributed by atoms with Crippen molar-refractivity contribution in [2.75, 3.05) is 46.7 Å². The third-order valence-corrected chi connectivity index (χ3v) is 16.0. The second-order valence-electron chi connectivity index (χ2n) is 21.6. The SMILES string of the molecule is CN(O)C(=O)c1cn(C[C@H]2O[C@@H]3O[C@H]4[C@H](O)[C@@H](O)[C@@H](O[C@H]5[C@H](O)[C@@H](O)[C@@H](O[C@H]6[C@H](O)[C@@H](O)[C@@H](O[C@H]7[C@H](O)[C@@H](O)[C@@H](O[C@H]8[C@H](O)[C@@H](O)[C@@H](O[C@H]9[C@H](O)[C@@H](O)[C@@H](O[C@H]2[C@H](O)[C@H]3O)O[C@@H]9CO)O[C@@H]8CO)O[C@@H]7CO)O[C@@H]6CO)O[C@@H]5CO)O[C@@H]4CO)nn1. The van der Waals surface area contributed by atoms with Crippen LogP contribution in [0.5, 0.6) is 0 Å². The van der Waals surface area contributed by atoms with Gasteiger partial charge in [0.15, 0.2) is 49.7 Å². The molecule has 21 N–H and O–H groups in total. The van der Waals surface area contributed by atoms with Crippen LogP contribution >= 0.6 is 0 Å². The Balaban J connectivity index is 1.03. The molecule has 0 aromatic carbocycles. The van der Waals surface area contributed by atoms with Crippen LogP contribution in [0.2, 0.25) is 0 Å². The van der Waals surface area contributed by atoms with Crippen molar-refractivity contribution < 1.29 is 178 Å². The summed E-state index contributed by atoms with van der Waals surface area (Å²) in [5.41, 5.74) is -0.444. The maximum absolute atomic E-state index is 12.5. The van der Waals surface area contributed by atoms with Gasteiger partial charge in [-0.1, -0.05) is 5.21 Å². The molecule has 1 aromatic heterocycles. The van der Waals surface area contributed by atoms with E-state index in [2.05, 4.69) is 10.3 Å². The van der Waals surface area contributed by atoms with E-state index in [4.69, 9.17) is 66.3 Å². The third-order valence-electron chi connectivity index (χ3n) is 16.0. The molecule has 21 aliphatic rings. The number of hydrogen-bond donors (Lipinski definition) is 21. The summed E-state index contributed by atoms with van der Waals surface area (Å²) in [5, 5.41) is 241. The number of hydrogen-bond acceptors (Lipinski definition) is 38. The quantitative estimate of drug-likeness (QED) is 0.0806. The number of nitrogens with zero attached hydrogens (tertiary/aromatic N) is 4. The normalized spacial score (nSPS) is 50.7. The van der Waals surface area contributed by atoms with Gasteiger partial charge in [-0.05, 0) is 0 Å². The maximum Gasteiger partial charge on any atom is 0.299 e. The Bertz CT molecular complexity index is 2310. The van der Waals surface area contributed by atoms with Crippen molar-refractivity contribution in [1.29, 1.82) is 0 Å². The van der Waals surface area contributed by atoms with Gasteiger partial charge >= 0.3 is 0 Å². The molecule has 0 spiro atoms. The molecule has 1 amide bonds. The van der Waals surface area contributed by atoms with Crippen molar-refractivity contribution in [2.45, 2.75) is 221 Å². The molecule has 21 fully saturated rings. The van der Waals surface area contributed by atoms with Crippen molar-refractivity contribution in [3.05, 3.63) is 11.9 Å². The van der Waals surface area contributed by atoms with Gasteiger partial charge in [0.1, 0.15) is 171 Å². The first kappa shape index (κ1) is 67.6. The van der Waals surface area contributed by atoms with Crippen LogP contribution in [-0.4, -0.2) is 395 Å². The van der Waals surface area contributed by atoms with Crippen LogP contribution in [-0.2, 0) is 72.9 Å². The summed E-state index contributed by atoms with van der Waals surface area (Å²) < 4.78 is 81.8. The first-order chi connectivity index (χ1) is 40.9. The van der Waals surface area contributed by atoms with E-state index in [1.54, 1.807) is 0 Å². The summed E-state index contributed by atoms with van der Waals surface area (Å²) in [6, 6.07) is 0. The average molecular weight is 1260 g/mol. The number of ether oxygens (including phenoxy) is 14. The topological polar surface area (TPSA) is 605 Å². The number of rotatable bonds is 9. The van der Waals surface area contributed by atoms with Crippen molar-refractivity contribution in [2.24, 2.45) is 0 Å². The second kappa shape index (κ2) is 28.4. The lowest BCUT2D eigenvalue weighted by Gasteiger charge is -2.50. The highest BCUT2D eigenvalue weighted by Gasteiger charge is 2.59. The maximum atomic E-state index is 12.5. The molecule has 40 nitrogen and oxygen atoms in total. The van der Waals surface area contributed by atoms with Gasteiger partial charge in [-0.25, -0.2) is 9.75 Å². The first-order valence-corrected chi connectivity index (χ1v) is 27.1. The van der Waals surface area contributed by atoms with Gasteiger partial charge < -0.3 is 168 Å². The predicted molar refractivity (Wildman–Crippen MR) is 255 cm³/mol. The largest absolute Gasteiger partial charge is 0.394 e. The number of aromatic nitrogens is 3. The van der Waals surface area contributed by atoms with Crippen LogP contribution in [0.1, 0.15) is 10.5 Å². The van der Waals surface area contributed by atoms with Crippen LogP contribution < -0.4 is 0 Å². The molecule has 14 bridgehead atoms. The van der Waals surface area contributed by atoms with Gasteiger partial charge in [0.25, 0.3) is 5.91 Å². The number of carbonyl (C=O) groups excluding carboxylic acids is 1. The summed E-state index contributed by atoms with van der Waals surface area (Å²) in [5.74, 6) is -1.05. The zero-order valence-corrected chi connectivity index (χ0v) is 45.0. The second-order valence-corrected chi connectivity index (χ2v) is 21.6. The van der Waals surface area contributed by atoms with Crippen LogP contribution in [0, 0.1) is 0 Å². The molecule has 40 heteroatoms. The van der Waals surface area contributed by atoms with E-state index >= 15 is 0 Å². The Morgan fingerprint density at radius 1 is 0.360 bits per heavy atom. The minimum atomic E-state index is -2.29. The predicted octanol–water partition coefficient (Wildman–Crippen LogP) is -15.5. The Morgan fingerprint density at radius 3 is 0.756 bits per heavy atom. The van der Waals surface area contributed by atoms with Crippen molar-refractivity contribution in [1.82, 2.24) is 20.1 Å². The number of aliphatic hydroxyl groups excluding tert-OH is 20. The lowest BCUT2D eigenvalue weighted by atomic mass is 9.95. The number of amides is 1. The Hall–Kier alpha value is -2.79. The zero-order chi connectivity index (χ0) is 62.5. The van der Waals surface area contributed by atoms with Gasteiger partial charge in [0, 0.05) is 7.05 Å². The van der Waals surface area contributed by atoms with E-state index < -0.39 is 273 Å². The van der Waals surface area contributed by atoms with Crippen LogP contribution in [0.4, 0.5) is 0 Å². The molecule has 494 valence electrons. The van der Waals surface area contributed by atoms with Gasteiger partial charge in [-0.3, -0.25) is 10.0 Å². The van der Waals surface area contributed by atoms with Gasteiger partial charge in [-0.2, -0.15) is 0 Å².